The zero-order valence-corrected chi connectivity index (χ0v) is 12.3. The van der Waals surface area contributed by atoms with E-state index in [0.29, 0.717) is 6.04 Å². The van der Waals surface area contributed by atoms with Crippen LogP contribution in [0.5, 0.6) is 0 Å². The predicted molar refractivity (Wildman–Crippen MR) is 74.8 cm³/mol. The van der Waals surface area contributed by atoms with Gasteiger partial charge >= 0.3 is 0 Å². The van der Waals surface area contributed by atoms with Gasteiger partial charge in [-0.15, -0.1) is 11.3 Å². The average molecular weight is 252 g/mol. The topological polar surface area (TPSA) is 16.1 Å². The van der Waals surface area contributed by atoms with Crippen LogP contribution < -0.4 is 0 Å². The highest BCUT2D eigenvalue weighted by atomic mass is 32.1. The minimum atomic E-state index is 0.663. The number of fused-ring (bicyclic) bond motifs is 1. The van der Waals surface area contributed by atoms with E-state index in [4.69, 9.17) is 0 Å². The highest BCUT2D eigenvalue weighted by Gasteiger charge is 2.27. The Balaban J connectivity index is 2.09. The van der Waals surface area contributed by atoms with E-state index in [9.17, 15) is 0 Å². The van der Waals surface area contributed by atoms with Gasteiger partial charge in [0.25, 0.3) is 0 Å². The molecule has 0 amide bonds. The van der Waals surface area contributed by atoms with Gasteiger partial charge in [0, 0.05) is 17.0 Å². The molecule has 1 atom stereocenters. The lowest BCUT2D eigenvalue weighted by Gasteiger charge is -2.36. The summed E-state index contributed by atoms with van der Waals surface area (Å²) in [6.45, 7) is 10.3. The van der Waals surface area contributed by atoms with E-state index in [2.05, 4.69) is 37.6 Å². The molecule has 0 bridgehead atoms. The molecule has 0 aromatic carbocycles. The number of aromatic nitrogens is 1. The Morgan fingerprint density at radius 1 is 1.47 bits per heavy atom. The molecule has 3 heteroatoms. The maximum absolute atomic E-state index is 4.64. The number of hydrogen-bond acceptors (Lipinski definition) is 3. The van der Waals surface area contributed by atoms with E-state index in [-0.39, 0.29) is 0 Å². The summed E-state index contributed by atoms with van der Waals surface area (Å²) < 4.78 is 0. The van der Waals surface area contributed by atoms with Gasteiger partial charge in [-0.2, -0.15) is 0 Å². The number of rotatable bonds is 4. The van der Waals surface area contributed by atoms with Crippen molar-refractivity contribution in [1.82, 2.24) is 9.88 Å². The second kappa shape index (κ2) is 5.49. The summed E-state index contributed by atoms with van der Waals surface area (Å²) in [5.74, 6) is 0. The van der Waals surface area contributed by atoms with Crippen molar-refractivity contribution < 1.29 is 0 Å². The van der Waals surface area contributed by atoms with E-state index < -0.39 is 0 Å². The number of thiazole rings is 1. The van der Waals surface area contributed by atoms with Crippen LogP contribution in [0.4, 0.5) is 0 Å². The molecule has 0 saturated carbocycles. The minimum absolute atomic E-state index is 0.663. The van der Waals surface area contributed by atoms with Gasteiger partial charge in [-0.25, -0.2) is 4.98 Å². The molecule has 2 rings (SSSR count). The van der Waals surface area contributed by atoms with E-state index in [1.165, 1.54) is 42.9 Å². The lowest BCUT2D eigenvalue weighted by atomic mass is 9.95. The number of aryl methyl sites for hydroxylation is 2. The van der Waals surface area contributed by atoms with Crippen LogP contribution in [0, 0.1) is 6.92 Å². The van der Waals surface area contributed by atoms with Crippen molar-refractivity contribution in [2.45, 2.75) is 65.5 Å². The van der Waals surface area contributed by atoms with Crippen LogP contribution in [0.2, 0.25) is 0 Å². The third-order valence-corrected chi connectivity index (χ3v) is 4.67. The van der Waals surface area contributed by atoms with Crippen molar-refractivity contribution in [2.24, 2.45) is 0 Å². The van der Waals surface area contributed by atoms with Crippen molar-refractivity contribution in [3.63, 3.8) is 0 Å². The van der Waals surface area contributed by atoms with Crippen LogP contribution in [-0.2, 0) is 12.8 Å². The fourth-order valence-corrected chi connectivity index (χ4v) is 3.94. The van der Waals surface area contributed by atoms with Crippen LogP contribution in [0.1, 0.15) is 49.2 Å². The Hall–Kier alpha value is -0.410. The molecule has 0 aliphatic heterocycles. The maximum Gasteiger partial charge on any atom is 0.0900 e. The predicted octanol–water partition coefficient (Wildman–Crippen LogP) is 3.43. The van der Waals surface area contributed by atoms with Crippen LogP contribution in [0.3, 0.4) is 0 Å². The molecular formula is C14H24N2S. The van der Waals surface area contributed by atoms with Gasteiger partial charge in [-0.05, 0) is 53.0 Å². The molecule has 0 radical (unpaired) electrons. The molecule has 1 aromatic rings. The molecule has 0 N–H and O–H groups in total. The smallest absolute Gasteiger partial charge is 0.0900 e. The lowest BCUT2D eigenvalue weighted by molar-refractivity contribution is 0.140. The van der Waals surface area contributed by atoms with Crippen LogP contribution in [0.25, 0.3) is 0 Å². The second-order valence-corrected chi connectivity index (χ2v) is 6.62. The third-order valence-electron chi connectivity index (χ3n) is 3.63. The maximum atomic E-state index is 4.64. The van der Waals surface area contributed by atoms with Crippen LogP contribution >= 0.6 is 11.3 Å². The first-order valence-corrected chi connectivity index (χ1v) is 7.64. The summed E-state index contributed by atoms with van der Waals surface area (Å²) >= 11 is 1.90. The van der Waals surface area contributed by atoms with E-state index in [1.54, 1.807) is 4.88 Å². The van der Waals surface area contributed by atoms with Crippen molar-refractivity contribution in [3.8, 4) is 0 Å². The first kappa shape index (κ1) is 13.0. The Bertz CT molecular complexity index is 370. The van der Waals surface area contributed by atoms with Gasteiger partial charge in [0.1, 0.15) is 0 Å². The molecule has 17 heavy (non-hydrogen) atoms. The molecule has 1 aliphatic rings. The molecule has 0 fully saturated rings. The standard InChI is InChI=1S/C14H24N2S/c1-5-8-16(10(2)3)12-6-7-13-14(9-12)17-11(4)15-13/h10,12H,5-9H2,1-4H3. The van der Waals surface area contributed by atoms with Gasteiger partial charge in [0.15, 0.2) is 0 Å². The van der Waals surface area contributed by atoms with E-state index in [1.807, 2.05) is 11.3 Å². The molecule has 0 spiro atoms. The SMILES string of the molecule is CCCN(C(C)C)C1CCc2nc(C)sc2C1. The van der Waals surface area contributed by atoms with Gasteiger partial charge in [-0.1, -0.05) is 6.92 Å². The largest absolute Gasteiger partial charge is 0.298 e. The quantitative estimate of drug-likeness (QED) is 0.816. The Kier molecular flexibility index (Phi) is 4.21. The Labute approximate surface area is 109 Å². The van der Waals surface area contributed by atoms with Crippen LogP contribution in [-0.4, -0.2) is 28.5 Å². The normalized spacial score (nSPS) is 20.0. The van der Waals surface area contributed by atoms with Gasteiger partial charge in [-0.3, -0.25) is 4.90 Å². The fraction of sp³-hybridized carbons (Fsp3) is 0.786. The van der Waals surface area contributed by atoms with Crippen molar-refractivity contribution in [3.05, 3.63) is 15.6 Å². The Morgan fingerprint density at radius 2 is 2.24 bits per heavy atom. The first-order valence-electron chi connectivity index (χ1n) is 6.82. The molecule has 1 aliphatic carbocycles. The second-order valence-electron chi connectivity index (χ2n) is 5.33. The molecule has 2 nitrogen and oxygen atoms in total. The minimum Gasteiger partial charge on any atom is -0.298 e. The molecule has 0 saturated heterocycles. The monoisotopic (exact) mass is 252 g/mol. The van der Waals surface area contributed by atoms with E-state index in [0.717, 1.165) is 6.04 Å². The van der Waals surface area contributed by atoms with Gasteiger partial charge in [0.2, 0.25) is 0 Å². The summed E-state index contributed by atoms with van der Waals surface area (Å²) in [6.07, 6.45) is 4.94. The first-order chi connectivity index (χ1) is 8.11. The summed E-state index contributed by atoms with van der Waals surface area (Å²) in [5, 5.41) is 1.24. The summed E-state index contributed by atoms with van der Waals surface area (Å²) in [5.41, 5.74) is 1.38. The van der Waals surface area contributed by atoms with Gasteiger partial charge in [0.05, 0.1) is 10.7 Å². The molecule has 1 unspecified atom stereocenters. The molecule has 1 aromatic heterocycles. The highest BCUT2D eigenvalue weighted by molar-refractivity contribution is 7.11. The van der Waals surface area contributed by atoms with Crippen LogP contribution in [0.15, 0.2) is 0 Å². The summed E-state index contributed by atoms with van der Waals surface area (Å²) in [7, 11) is 0. The fourth-order valence-electron chi connectivity index (χ4n) is 2.89. The lowest BCUT2D eigenvalue weighted by Crippen LogP contribution is -2.43. The van der Waals surface area contributed by atoms with E-state index >= 15 is 0 Å². The number of hydrogen-bond donors (Lipinski definition) is 0. The zero-order valence-electron chi connectivity index (χ0n) is 11.5. The van der Waals surface area contributed by atoms with Crippen molar-refractivity contribution in [2.75, 3.05) is 6.54 Å². The third kappa shape index (κ3) is 2.89. The van der Waals surface area contributed by atoms with Crippen molar-refractivity contribution >= 4 is 11.3 Å². The summed E-state index contributed by atoms with van der Waals surface area (Å²) in [6, 6.07) is 1.40. The molecular weight excluding hydrogens is 228 g/mol. The summed E-state index contributed by atoms with van der Waals surface area (Å²) in [4.78, 5) is 8.86. The number of nitrogens with zero attached hydrogens (tertiary/aromatic N) is 2. The highest BCUT2D eigenvalue weighted by Crippen LogP contribution is 2.29. The van der Waals surface area contributed by atoms with Gasteiger partial charge < -0.3 is 0 Å². The zero-order chi connectivity index (χ0) is 12.4. The molecule has 1 heterocycles. The Morgan fingerprint density at radius 3 is 2.88 bits per heavy atom. The molecule has 96 valence electrons. The average Bonchev–Trinajstić information content (AvgIpc) is 2.64. The van der Waals surface area contributed by atoms with Crippen molar-refractivity contribution in [1.29, 1.82) is 0 Å².